The van der Waals surface area contributed by atoms with Crippen LogP contribution in [0.4, 0.5) is 0 Å². The molecule has 0 unspecified atom stereocenters. The van der Waals surface area contributed by atoms with Crippen molar-refractivity contribution in [2.24, 2.45) is 0 Å². The third-order valence-corrected chi connectivity index (χ3v) is 3.05. The van der Waals surface area contributed by atoms with E-state index in [9.17, 15) is 9.59 Å². The number of benzene rings is 1. The summed E-state index contributed by atoms with van der Waals surface area (Å²) in [6, 6.07) is 6.14. The summed E-state index contributed by atoms with van der Waals surface area (Å²) in [5.41, 5.74) is 0. The summed E-state index contributed by atoms with van der Waals surface area (Å²) in [5, 5.41) is 5.94. The van der Waals surface area contributed by atoms with Gasteiger partial charge in [0.1, 0.15) is 11.8 Å². The molecule has 6 heteroatoms. The lowest BCUT2D eigenvalue weighted by molar-refractivity contribution is -0.132. The Kier molecular flexibility index (Phi) is 7.02. The van der Waals surface area contributed by atoms with Gasteiger partial charge in [0, 0.05) is 11.6 Å². The van der Waals surface area contributed by atoms with Crippen LogP contribution in [0.15, 0.2) is 24.3 Å². The largest absolute Gasteiger partial charge is 0.481 e. The Hall–Kier alpha value is -1.75. The van der Waals surface area contributed by atoms with E-state index in [1.807, 2.05) is 6.92 Å². The molecule has 0 aliphatic heterocycles. The van der Waals surface area contributed by atoms with Crippen molar-refractivity contribution in [3.05, 3.63) is 29.3 Å². The first-order valence-corrected chi connectivity index (χ1v) is 7.32. The molecule has 2 N–H and O–H groups in total. The molecule has 0 aromatic heterocycles. The van der Waals surface area contributed by atoms with E-state index in [-0.39, 0.29) is 11.8 Å². The molecule has 0 radical (unpaired) electrons. The van der Waals surface area contributed by atoms with Crippen LogP contribution in [0.5, 0.6) is 5.75 Å². The van der Waals surface area contributed by atoms with Crippen LogP contribution >= 0.6 is 11.6 Å². The second-order valence-electron chi connectivity index (χ2n) is 4.74. The Morgan fingerprint density at radius 1 is 1.19 bits per heavy atom. The zero-order valence-corrected chi connectivity index (χ0v) is 13.2. The Labute approximate surface area is 130 Å². The van der Waals surface area contributed by atoms with Crippen molar-refractivity contribution in [3.8, 4) is 5.75 Å². The van der Waals surface area contributed by atoms with Gasteiger partial charge < -0.3 is 15.4 Å². The predicted molar refractivity (Wildman–Crippen MR) is 82.4 cm³/mol. The van der Waals surface area contributed by atoms with Crippen LogP contribution in [0.25, 0.3) is 0 Å². The molecule has 0 heterocycles. The van der Waals surface area contributed by atoms with Crippen molar-refractivity contribution in [2.75, 3.05) is 6.54 Å². The lowest BCUT2D eigenvalue weighted by atomic mass is 10.2. The van der Waals surface area contributed by atoms with Gasteiger partial charge in [0.05, 0.1) is 0 Å². The van der Waals surface area contributed by atoms with Gasteiger partial charge in [-0.25, -0.2) is 0 Å². The molecular weight excluding hydrogens is 292 g/mol. The second-order valence-corrected chi connectivity index (χ2v) is 5.17. The lowest BCUT2D eigenvalue weighted by Gasteiger charge is -2.18. The highest BCUT2D eigenvalue weighted by atomic mass is 35.5. The molecule has 0 aliphatic rings. The second kappa shape index (κ2) is 8.52. The van der Waals surface area contributed by atoms with Crippen LogP contribution in [0, 0.1) is 0 Å². The summed E-state index contributed by atoms with van der Waals surface area (Å²) in [4.78, 5) is 23.6. The first kappa shape index (κ1) is 17.3. The Morgan fingerprint density at radius 3 is 2.38 bits per heavy atom. The molecule has 0 spiro atoms. The highest BCUT2D eigenvalue weighted by molar-refractivity contribution is 6.30. The van der Waals surface area contributed by atoms with Gasteiger partial charge in [-0.1, -0.05) is 18.5 Å². The fraction of sp³-hybridized carbons (Fsp3) is 0.467. The smallest absolute Gasteiger partial charge is 0.261 e. The van der Waals surface area contributed by atoms with Gasteiger partial charge >= 0.3 is 0 Å². The molecule has 2 atom stereocenters. The standard InChI is InChI=1S/C15H21ClN2O3/c1-4-9-17-14(19)10(2)18-15(20)11(3)21-13-7-5-12(16)6-8-13/h5-8,10-11H,4,9H2,1-3H3,(H,17,19)(H,18,20)/t10-,11-/m1/s1. The fourth-order valence-corrected chi connectivity index (χ4v) is 1.69. The van der Waals surface area contributed by atoms with E-state index in [1.165, 1.54) is 0 Å². The molecule has 0 saturated heterocycles. The average Bonchev–Trinajstić information content (AvgIpc) is 2.46. The van der Waals surface area contributed by atoms with Crippen molar-refractivity contribution in [1.82, 2.24) is 10.6 Å². The highest BCUT2D eigenvalue weighted by Gasteiger charge is 2.20. The maximum atomic E-state index is 12.0. The molecule has 1 aromatic carbocycles. The van der Waals surface area contributed by atoms with Crippen LogP contribution < -0.4 is 15.4 Å². The molecule has 2 amide bonds. The van der Waals surface area contributed by atoms with E-state index in [0.717, 1.165) is 6.42 Å². The molecule has 0 aliphatic carbocycles. The summed E-state index contributed by atoms with van der Waals surface area (Å²) in [6.07, 6.45) is 0.148. The quantitative estimate of drug-likeness (QED) is 0.810. The first-order chi connectivity index (χ1) is 9.93. The Balaban J connectivity index is 2.46. The topological polar surface area (TPSA) is 67.4 Å². The summed E-state index contributed by atoms with van der Waals surface area (Å²) >= 11 is 5.78. The fourth-order valence-electron chi connectivity index (χ4n) is 1.57. The minimum Gasteiger partial charge on any atom is -0.481 e. The summed E-state index contributed by atoms with van der Waals surface area (Å²) < 4.78 is 5.49. The van der Waals surface area contributed by atoms with Gasteiger partial charge in [-0.2, -0.15) is 0 Å². The molecule has 5 nitrogen and oxygen atoms in total. The minimum atomic E-state index is -0.701. The van der Waals surface area contributed by atoms with E-state index in [4.69, 9.17) is 16.3 Å². The van der Waals surface area contributed by atoms with Crippen molar-refractivity contribution < 1.29 is 14.3 Å². The maximum Gasteiger partial charge on any atom is 0.261 e. The van der Waals surface area contributed by atoms with Gasteiger partial charge in [0.15, 0.2) is 6.10 Å². The van der Waals surface area contributed by atoms with Crippen molar-refractivity contribution in [2.45, 2.75) is 39.3 Å². The summed E-state index contributed by atoms with van der Waals surface area (Å²) in [5.74, 6) is -0.00173. The SMILES string of the molecule is CCCNC(=O)[C@@H](C)NC(=O)[C@@H](C)Oc1ccc(Cl)cc1. The highest BCUT2D eigenvalue weighted by Crippen LogP contribution is 2.16. The molecule has 0 fully saturated rings. The van der Waals surface area contributed by atoms with E-state index in [2.05, 4.69) is 10.6 Å². The first-order valence-electron chi connectivity index (χ1n) is 6.94. The van der Waals surface area contributed by atoms with Crippen LogP contribution in [-0.2, 0) is 9.59 Å². The van der Waals surface area contributed by atoms with Crippen LogP contribution in [0.1, 0.15) is 27.2 Å². The molecule has 0 bridgehead atoms. The minimum absolute atomic E-state index is 0.205. The monoisotopic (exact) mass is 312 g/mol. The number of ether oxygens (including phenoxy) is 1. The van der Waals surface area contributed by atoms with Crippen LogP contribution in [0.2, 0.25) is 5.02 Å². The van der Waals surface area contributed by atoms with Gasteiger partial charge in [-0.05, 0) is 44.5 Å². The molecule has 21 heavy (non-hydrogen) atoms. The number of carbonyl (C=O) groups excluding carboxylic acids is 2. The van der Waals surface area contributed by atoms with Gasteiger partial charge in [0.25, 0.3) is 5.91 Å². The Morgan fingerprint density at radius 2 is 1.81 bits per heavy atom. The van der Waals surface area contributed by atoms with Crippen LogP contribution in [0.3, 0.4) is 0 Å². The molecule has 0 saturated carbocycles. The number of carbonyl (C=O) groups is 2. The number of amides is 2. The lowest BCUT2D eigenvalue weighted by Crippen LogP contribution is -2.48. The molecule has 1 aromatic rings. The number of halogens is 1. The van der Waals surface area contributed by atoms with Gasteiger partial charge in [-0.15, -0.1) is 0 Å². The normalized spacial score (nSPS) is 13.1. The summed E-state index contributed by atoms with van der Waals surface area (Å²) in [7, 11) is 0. The number of nitrogens with one attached hydrogen (secondary N) is 2. The zero-order valence-electron chi connectivity index (χ0n) is 12.5. The zero-order chi connectivity index (χ0) is 15.8. The number of rotatable bonds is 7. The van der Waals surface area contributed by atoms with Crippen molar-refractivity contribution in [1.29, 1.82) is 0 Å². The van der Waals surface area contributed by atoms with E-state index in [1.54, 1.807) is 38.1 Å². The number of hydrogen-bond donors (Lipinski definition) is 2. The molecular formula is C15H21ClN2O3. The molecule has 116 valence electrons. The predicted octanol–water partition coefficient (Wildman–Crippen LogP) is 2.14. The molecule has 1 rings (SSSR count). The van der Waals surface area contributed by atoms with Gasteiger partial charge in [0.2, 0.25) is 5.91 Å². The average molecular weight is 313 g/mol. The van der Waals surface area contributed by atoms with Gasteiger partial charge in [-0.3, -0.25) is 9.59 Å². The van der Waals surface area contributed by atoms with Crippen molar-refractivity contribution in [3.63, 3.8) is 0 Å². The van der Waals surface area contributed by atoms with Crippen molar-refractivity contribution >= 4 is 23.4 Å². The third-order valence-electron chi connectivity index (χ3n) is 2.80. The van der Waals surface area contributed by atoms with E-state index in [0.29, 0.717) is 17.3 Å². The Bertz CT molecular complexity index is 476. The van der Waals surface area contributed by atoms with Crippen LogP contribution in [-0.4, -0.2) is 30.5 Å². The number of hydrogen-bond acceptors (Lipinski definition) is 3. The summed E-state index contributed by atoms with van der Waals surface area (Å²) in [6.45, 7) is 5.82. The maximum absolute atomic E-state index is 12.0. The third kappa shape index (κ3) is 6.04. The van der Waals surface area contributed by atoms with E-state index < -0.39 is 12.1 Å². The van der Waals surface area contributed by atoms with E-state index >= 15 is 0 Å².